The summed E-state index contributed by atoms with van der Waals surface area (Å²) in [5.41, 5.74) is 0.0709. The number of carboxylic acids is 1. The maximum atomic E-state index is 11.6. The molecule has 2 aromatic rings. The lowest BCUT2D eigenvalue weighted by Gasteiger charge is -2.02. The lowest BCUT2D eigenvalue weighted by molar-refractivity contribution is 0.0662. The Morgan fingerprint density at radius 1 is 1.38 bits per heavy atom. The van der Waals surface area contributed by atoms with E-state index >= 15 is 0 Å². The van der Waals surface area contributed by atoms with Crippen LogP contribution in [0.3, 0.4) is 0 Å². The molecule has 0 radical (unpaired) electrons. The van der Waals surface area contributed by atoms with Crippen molar-refractivity contribution in [3.05, 3.63) is 45.8 Å². The third kappa shape index (κ3) is 1.57. The van der Waals surface area contributed by atoms with E-state index in [4.69, 9.17) is 14.6 Å². The number of para-hydroxylation sites is 1. The summed E-state index contributed by atoms with van der Waals surface area (Å²) in [5, 5.41) is 18.0. The lowest BCUT2D eigenvalue weighted by atomic mass is 10.1. The van der Waals surface area contributed by atoms with Crippen molar-refractivity contribution in [1.29, 1.82) is 0 Å². The maximum absolute atomic E-state index is 11.6. The van der Waals surface area contributed by atoms with Crippen molar-refractivity contribution in [3.63, 3.8) is 0 Å². The zero-order valence-corrected chi connectivity index (χ0v) is 8.14. The van der Waals surface area contributed by atoms with Gasteiger partial charge in [0.15, 0.2) is 5.43 Å². The van der Waals surface area contributed by atoms with Gasteiger partial charge in [-0.3, -0.25) is 4.79 Å². The van der Waals surface area contributed by atoms with Crippen LogP contribution in [0.5, 0.6) is 0 Å². The molecular formula is C11H8O5. The number of aliphatic hydroxyl groups is 1. The summed E-state index contributed by atoms with van der Waals surface area (Å²) in [4.78, 5) is 22.3. The van der Waals surface area contributed by atoms with Crippen molar-refractivity contribution in [1.82, 2.24) is 0 Å². The number of benzene rings is 1. The summed E-state index contributed by atoms with van der Waals surface area (Å²) in [7, 11) is 0. The Morgan fingerprint density at radius 3 is 2.75 bits per heavy atom. The molecule has 16 heavy (non-hydrogen) atoms. The Labute approximate surface area is 89.6 Å². The third-order valence-corrected chi connectivity index (χ3v) is 2.22. The van der Waals surface area contributed by atoms with E-state index in [9.17, 15) is 9.59 Å². The number of aromatic carboxylic acids is 1. The van der Waals surface area contributed by atoms with Crippen LogP contribution in [-0.2, 0) is 6.61 Å². The quantitative estimate of drug-likeness (QED) is 0.787. The number of aliphatic hydroxyl groups excluding tert-OH is 1. The van der Waals surface area contributed by atoms with Gasteiger partial charge in [-0.05, 0) is 6.07 Å². The average molecular weight is 220 g/mol. The highest BCUT2D eigenvalue weighted by molar-refractivity contribution is 5.88. The van der Waals surface area contributed by atoms with E-state index in [0.29, 0.717) is 5.56 Å². The molecule has 0 aliphatic heterocycles. The highest BCUT2D eigenvalue weighted by Crippen LogP contribution is 2.17. The van der Waals surface area contributed by atoms with Gasteiger partial charge in [0.25, 0.3) is 0 Å². The molecule has 1 aromatic heterocycles. The SMILES string of the molecule is O=C(O)c1cc(=O)c2cccc(CO)c2o1. The molecule has 0 saturated heterocycles. The van der Waals surface area contributed by atoms with Gasteiger partial charge < -0.3 is 14.6 Å². The smallest absolute Gasteiger partial charge is 0.371 e. The summed E-state index contributed by atoms with van der Waals surface area (Å²) in [6.07, 6.45) is 0. The fourth-order valence-electron chi connectivity index (χ4n) is 1.47. The van der Waals surface area contributed by atoms with Gasteiger partial charge in [0.05, 0.1) is 12.0 Å². The molecule has 0 saturated carbocycles. The molecule has 0 amide bonds. The van der Waals surface area contributed by atoms with Gasteiger partial charge in [0.1, 0.15) is 5.58 Å². The van der Waals surface area contributed by atoms with Gasteiger partial charge in [-0.25, -0.2) is 4.79 Å². The number of hydrogen-bond donors (Lipinski definition) is 2. The van der Waals surface area contributed by atoms with Crippen LogP contribution in [0.25, 0.3) is 11.0 Å². The minimum absolute atomic E-state index is 0.120. The summed E-state index contributed by atoms with van der Waals surface area (Å²) in [5.74, 6) is -1.75. The van der Waals surface area contributed by atoms with Gasteiger partial charge in [0.2, 0.25) is 5.76 Å². The maximum Gasteiger partial charge on any atom is 0.371 e. The summed E-state index contributed by atoms with van der Waals surface area (Å²) in [6, 6.07) is 5.61. The molecule has 0 aliphatic carbocycles. The third-order valence-electron chi connectivity index (χ3n) is 2.22. The first kappa shape index (κ1) is 10.4. The Balaban J connectivity index is 2.88. The molecule has 0 atom stereocenters. The molecule has 0 fully saturated rings. The van der Waals surface area contributed by atoms with Gasteiger partial charge in [-0.2, -0.15) is 0 Å². The van der Waals surface area contributed by atoms with Crippen molar-refractivity contribution >= 4 is 16.9 Å². The summed E-state index contributed by atoms with van der Waals surface area (Å²) in [6.45, 7) is -0.316. The topological polar surface area (TPSA) is 87.7 Å². The van der Waals surface area contributed by atoms with Crippen molar-refractivity contribution in [2.24, 2.45) is 0 Å². The van der Waals surface area contributed by atoms with Crippen LogP contribution >= 0.6 is 0 Å². The minimum atomic E-state index is -1.31. The van der Waals surface area contributed by atoms with E-state index in [1.165, 1.54) is 6.07 Å². The monoisotopic (exact) mass is 220 g/mol. The van der Waals surface area contributed by atoms with E-state index in [2.05, 4.69) is 0 Å². The Kier molecular flexibility index (Phi) is 2.46. The number of rotatable bonds is 2. The molecule has 0 spiro atoms. The number of hydrogen-bond acceptors (Lipinski definition) is 4. The first-order valence-electron chi connectivity index (χ1n) is 4.53. The largest absolute Gasteiger partial charge is 0.475 e. The average Bonchev–Trinajstić information content (AvgIpc) is 2.28. The first-order valence-corrected chi connectivity index (χ1v) is 4.53. The van der Waals surface area contributed by atoms with Crippen LogP contribution in [0, 0.1) is 0 Å². The molecular weight excluding hydrogens is 212 g/mol. The second-order valence-electron chi connectivity index (χ2n) is 3.23. The second kappa shape index (κ2) is 3.79. The number of carboxylic acid groups (broad SMARTS) is 1. The van der Waals surface area contributed by atoms with Crippen molar-refractivity contribution in [3.8, 4) is 0 Å². The standard InChI is InChI=1S/C11H8O5/c12-5-6-2-1-3-7-8(13)4-9(11(14)15)16-10(6)7/h1-4,12H,5H2,(H,14,15). The van der Waals surface area contributed by atoms with Crippen molar-refractivity contribution in [2.45, 2.75) is 6.61 Å². The Bertz CT molecular complexity index is 611. The van der Waals surface area contributed by atoms with Gasteiger partial charge in [-0.15, -0.1) is 0 Å². The molecule has 2 N–H and O–H groups in total. The van der Waals surface area contributed by atoms with E-state index in [0.717, 1.165) is 6.07 Å². The first-order chi connectivity index (χ1) is 7.63. The molecule has 2 rings (SSSR count). The molecule has 0 aliphatic rings. The molecule has 5 heteroatoms. The van der Waals surface area contributed by atoms with Crippen LogP contribution in [0.4, 0.5) is 0 Å². The van der Waals surface area contributed by atoms with Crippen molar-refractivity contribution < 1.29 is 19.4 Å². The van der Waals surface area contributed by atoms with Crippen LogP contribution in [0.1, 0.15) is 16.1 Å². The Morgan fingerprint density at radius 2 is 2.12 bits per heavy atom. The highest BCUT2D eigenvalue weighted by Gasteiger charge is 2.12. The van der Waals surface area contributed by atoms with Crippen LogP contribution < -0.4 is 5.43 Å². The number of carbonyl (C=O) groups is 1. The zero-order valence-electron chi connectivity index (χ0n) is 8.14. The number of fused-ring (bicyclic) bond motifs is 1. The molecule has 1 aromatic carbocycles. The van der Waals surface area contributed by atoms with E-state index < -0.39 is 17.2 Å². The molecule has 1 heterocycles. The van der Waals surface area contributed by atoms with Crippen molar-refractivity contribution in [2.75, 3.05) is 0 Å². The fourth-order valence-corrected chi connectivity index (χ4v) is 1.47. The van der Waals surface area contributed by atoms with Gasteiger partial charge in [-0.1, -0.05) is 12.1 Å². The van der Waals surface area contributed by atoms with E-state index in [1.54, 1.807) is 12.1 Å². The Hall–Kier alpha value is -2.14. The normalized spacial score (nSPS) is 10.6. The molecule has 5 nitrogen and oxygen atoms in total. The van der Waals surface area contributed by atoms with E-state index in [-0.39, 0.29) is 17.6 Å². The predicted octanol–water partition coefficient (Wildman–Crippen LogP) is 0.983. The lowest BCUT2D eigenvalue weighted by Crippen LogP contribution is -2.07. The van der Waals surface area contributed by atoms with Gasteiger partial charge >= 0.3 is 5.97 Å². The predicted molar refractivity (Wildman–Crippen MR) is 55.4 cm³/mol. The second-order valence-corrected chi connectivity index (χ2v) is 3.23. The summed E-state index contributed by atoms with van der Waals surface area (Å²) >= 11 is 0. The molecule has 0 unspecified atom stereocenters. The minimum Gasteiger partial charge on any atom is -0.475 e. The molecule has 82 valence electrons. The fraction of sp³-hybridized carbons (Fsp3) is 0.0909. The van der Waals surface area contributed by atoms with Crippen LogP contribution in [0.2, 0.25) is 0 Å². The van der Waals surface area contributed by atoms with Crippen LogP contribution in [0.15, 0.2) is 33.5 Å². The van der Waals surface area contributed by atoms with Gasteiger partial charge in [0, 0.05) is 11.6 Å². The zero-order chi connectivity index (χ0) is 11.7. The highest BCUT2D eigenvalue weighted by atomic mass is 16.4. The summed E-state index contributed by atoms with van der Waals surface area (Å²) < 4.78 is 5.07. The molecule has 0 bridgehead atoms. The van der Waals surface area contributed by atoms with E-state index in [1.807, 2.05) is 0 Å². The van der Waals surface area contributed by atoms with Crippen LogP contribution in [-0.4, -0.2) is 16.2 Å².